The number of aryl methyl sites for hydroxylation is 1. The van der Waals surface area contributed by atoms with Crippen LogP contribution in [0, 0.1) is 6.92 Å². The minimum Gasteiger partial charge on any atom is -0.462 e. The van der Waals surface area contributed by atoms with E-state index in [2.05, 4.69) is 15.3 Å². The number of nitrogens with two attached hydrogens (primary N) is 1. The fourth-order valence-electron chi connectivity index (χ4n) is 2.16. The highest BCUT2D eigenvalue weighted by Crippen LogP contribution is 2.22. The second kappa shape index (κ2) is 8.99. The Labute approximate surface area is 158 Å². The molecular weight excluding hydrogens is 372 g/mol. The zero-order valence-electron chi connectivity index (χ0n) is 14.7. The van der Waals surface area contributed by atoms with Crippen LogP contribution in [0.25, 0.3) is 0 Å². The van der Waals surface area contributed by atoms with Crippen molar-refractivity contribution < 1.29 is 19.1 Å². The second-order valence-electron chi connectivity index (χ2n) is 5.35. The van der Waals surface area contributed by atoms with Crippen LogP contribution >= 0.6 is 11.8 Å². The van der Waals surface area contributed by atoms with Gasteiger partial charge >= 0.3 is 11.7 Å². The molecule has 0 bridgehead atoms. The zero-order chi connectivity index (χ0) is 20.0. The highest BCUT2D eigenvalue weighted by Gasteiger charge is 2.20. The summed E-state index contributed by atoms with van der Waals surface area (Å²) in [7, 11) is 0. The molecule has 2 rings (SSSR count). The lowest BCUT2D eigenvalue weighted by atomic mass is 10.2. The zero-order valence-corrected chi connectivity index (χ0v) is 15.5. The summed E-state index contributed by atoms with van der Waals surface area (Å²) < 4.78 is 4.97. The summed E-state index contributed by atoms with van der Waals surface area (Å²) >= 11 is 0.947. The van der Waals surface area contributed by atoms with Gasteiger partial charge in [-0.25, -0.2) is 9.59 Å². The van der Waals surface area contributed by atoms with Crippen LogP contribution in [-0.2, 0) is 9.53 Å². The summed E-state index contributed by atoms with van der Waals surface area (Å²) in [4.78, 5) is 53.1. The Kier molecular flexibility index (Phi) is 6.72. The maximum absolute atomic E-state index is 12.1. The minimum atomic E-state index is -0.622. The lowest BCUT2D eigenvalue weighted by Gasteiger charge is -2.10. The highest BCUT2D eigenvalue weighted by molar-refractivity contribution is 8.00. The molecule has 0 unspecified atom stereocenters. The molecule has 10 heteroatoms. The van der Waals surface area contributed by atoms with Crippen molar-refractivity contribution in [2.45, 2.75) is 18.9 Å². The smallest absolute Gasteiger partial charge is 0.346 e. The molecule has 0 aliphatic rings. The normalized spacial score (nSPS) is 10.3. The number of anilines is 1. The third-order valence-electron chi connectivity index (χ3n) is 3.36. The number of hydrogen-bond acceptors (Lipinski definition) is 7. The van der Waals surface area contributed by atoms with E-state index < -0.39 is 17.6 Å². The van der Waals surface area contributed by atoms with E-state index in [1.165, 1.54) is 12.1 Å². The monoisotopic (exact) mass is 390 g/mol. The molecule has 0 saturated heterocycles. The first-order chi connectivity index (χ1) is 12.8. The van der Waals surface area contributed by atoms with E-state index in [-0.39, 0.29) is 28.9 Å². The fourth-order valence-corrected chi connectivity index (χ4v) is 3.02. The largest absolute Gasteiger partial charge is 0.462 e. The summed E-state index contributed by atoms with van der Waals surface area (Å²) in [6, 6.07) is 6.07. The molecule has 2 amide bonds. The van der Waals surface area contributed by atoms with E-state index in [9.17, 15) is 19.2 Å². The molecule has 9 nitrogen and oxygen atoms in total. The number of carbonyl (C=O) groups excluding carboxylic acids is 3. The number of amides is 2. The van der Waals surface area contributed by atoms with Gasteiger partial charge in [0.15, 0.2) is 0 Å². The molecule has 2 aromatic rings. The first-order valence-electron chi connectivity index (χ1n) is 7.92. The molecular formula is C17H18N4O5S. The SMILES string of the molecule is CCOC(=O)c1c(SCC(=O)Nc2ccc(C(N)=O)cc2)nc(=O)[nH]c1C. The summed E-state index contributed by atoms with van der Waals surface area (Å²) in [5, 5.41) is 2.76. The number of nitrogens with zero attached hydrogens (tertiary/aromatic N) is 1. The van der Waals surface area contributed by atoms with Gasteiger partial charge in [0.1, 0.15) is 10.6 Å². The van der Waals surface area contributed by atoms with Gasteiger partial charge in [0.2, 0.25) is 11.8 Å². The van der Waals surface area contributed by atoms with Crippen LogP contribution in [0.3, 0.4) is 0 Å². The van der Waals surface area contributed by atoms with Crippen molar-refractivity contribution in [3.63, 3.8) is 0 Å². The predicted molar refractivity (Wildman–Crippen MR) is 99.9 cm³/mol. The Morgan fingerprint density at radius 1 is 1.26 bits per heavy atom. The number of ether oxygens (including phenoxy) is 1. The number of H-pyrrole nitrogens is 1. The summed E-state index contributed by atoms with van der Waals surface area (Å²) in [6.45, 7) is 3.39. The standard InChI is InChI=1S/C17H18N4O5S/c1-3-26-16(24)13-9(2)19-17(25)21-15(13)27-8-12(22)20-11-6-4-10(5-7-11)14(18)23/h4-7H,3,8H2,1-2H3,(H2,18,23)(H,20,22)(H,19,21,25). The van der Waals surface area contributed by atoms with Gasteiger partial charge in [0.05, 0.1) is 12.4 Å². The molecule has 0 saturated carbocycles. The van der Waals surface area contributed by atoms with E-state index in [0.717, 1.165) is 11.8 Å². The molecule has 1 aromatic heterocycles. The van der Waals surface area contributed by atoms with Gasteiger partial charge in [0.25, 0.3) is 0 Å². The average molecular weight is 390 g/mol. The summed E-state index contributed by atoms with van der Waals surface area (Å²) in [5.41, 5.74) is 5.78. The van der Waals surface area contributed by atoms with Crippen LogP contribution in [0.1, 0.15) is 33.3 Å². The van der Waals surface area contributed by atoms with Gasteiger partial charge in [-0.3, -0.25) is 9.59 Å². The molecule has 0 aliphatic heterocycles. The Hall–Kier alpha value is -3.14. The number of aromatic nitrogens is 2. The van der Waals surface area contributed by atoms with E-state index in [4.69, 9.17) is 10.5 Å². The van der Waals surface area contributed by atoms with Gasteiger partial charge in [-0.1, -0.05) is 11.8 Å². The third kappa shape index (κ3) is 5.42. The van der Waals surface area contributed by atoms with Crippen molar-refractivity contribution in [1.82, 2.24) is 9.97 Å². The molecule has 1 aromatic carbocycles. The molecule has 0 atom stereocenters. The fraction of sp³-hybridized carbons (Fsp3) is 0.235. The van der Waals surface area contributed by atoms with Crippen LogP contribution in [0.15, 0.2) is 34.1 Å². The predicted octanol–water partition coefficient (Wildman–Crippen LogP) is 1.08. The molecule has 27 heavy (non-hydrogen) atoms. The van der Waals surface area contributed by atoms with Crippen molar-refractivity contribution >= 4 is 35.2 Å². The Morgan fingerprint density at radius 3 is 2.52 bits per heavy atom. The van der Waals surface area contributed by atoms with Crippen molar-refractivity contribution in [3.8, 4) is 0 Å². The van der Waals surface area contributed by atoms with Gasteiger partial charge in [-0.05, 0) is 38.1 Å². The lowest BCUT2D eigenvalue weighted by molar-refractivity contribution is -0.113. The number of hydrogen-bond donors (Lipinski definition) is 3. The third-order valence-corrected chi connectivity index (χ3v) is 4.33. The average Bonchev–Trinajstić information content (AvgIpc) is 2.60. The van der Waals surface area contributed by atoms with Crippen LogP contribution in [0.4, 0.5) is 5.69 Å². The second-order valence-corrected chi connectivity index (χ2v) is 6.31. The Morgan fingerprint density at radius 2 is 1.93 bits per heavy atom. The van der Waals surface area contributed by atoms with Crippen LogP contribution in [-0.4, -0.2) is 40.1 Å². The molecule has 0 aliphatic carbocycles. The lowest BCUT2D eigenvalue weighted by Crippen LogP contribution is -2.21. The number of thioether (sulfide) groups is 1. The first kappa shape index (κ1) is 20.2. The van der Waals surface area contributed by atoms with Crippen LogP contribution in [0.2, 0.25) is 0 Å². The van der Waals surface area contributed by atoms with Gasteiger partial charge in [0, 0.05) is 16.9 Å². The van der Waals surface area contributed by atoms with Crippen molar-refractivity contribution in [1.29, 1.82) is 0 Å². The van der Waals surface area contributed by atoms with E-state index >= 15 is 0 Å². The molecule has 1 heterocycles. The van der Waals surface area contributed by atoms with Crippen molar-refractivity contribution in [2.75, 3.05) is 17.7 Å². The summed E-state index contributed by atoms with van der Waals surface area (Å²) in [6.07, 6.45) is 0. The topological polar surface area (TPSA) is 144 Å². The van der Waals surface area contributed by atoms with Gasteiger partial charge in [-0.2, -0.15) is 4.98 Å². The van der Waals surface area contributed by atoms with Crippen LogP contribution in [0.5, 0.6) is 0 Å². The molecule has 0 fully saturated rings. The number of benzene rings is 1. The minimum absolute atomic E-state index is 0.0835. The maximum atomic E-state index is 12.1. The van der Waals surface area contributed by atoms with E-state index in [0.29, 0.717) is 16.9 Å². The van der Waals surface area contributed by atoms with Crippen molar-refractivity contribution in [3.05, 3.63) is 51.6 Å². The highest BCUT2D eigenvalue weighted by atomic mass is 32.2. The Balaban J connectivity index is 2.09. The maximum Gasteiger partial charge on any atom is 0.346 e. The number of carbonyl (C=O) groups is 3. The van der Waals surface area contributed by atoms with Gasteiger partial charge < -0.3 is 20.8 Å². The van der Waals surface area contributed by atoms with E-state index in [1.807, 2.05) is 0 Å². The number of esters is 1. The molecule has 4 N–H and O–H groups in total. The number of aromatic amines is 1. The number of primary amides is 1. The summed E-state index contributed by atoms with van der Waals surface area (Å²) in [5.74, 6) is -1.64. The molecule has 0 radical (unpaired) electrons. The number of rotatable bonds is 7. The van der Waals surface area contributed by atoms with Gasteiger partial charge in [-0.15, -0.1) is 0 Å². The van der Waals surface area contributed by atoms with E-state index in [1.54, 1.807) is 26.0 Å². The van der Waals surface area contributed by atoms with Crippen molar-refractivity contribution in [2.24, 2.45) is 5.73 Å². The molecule has 0 spiro atoms. The number of nitrogens with one attached hydrogen (secondary N) is 2. The first-order valence-corrected chi connectivity index (χ1v) is 8.91. The quantitative estimate of drug-likeness (QED) is 0.364. The Bertz CT molecular complexity index is 924. The molecule has 142 valence electrons. The van der Waals surface area contributed by atoms with Crippen LogP contribution < -0.4 is 16.7 Å².